The molecule has 0 bridgehead atoms. The number of amides is 1. The van der Waals surface area contributed by atoms with Crippen LogP contribution in [0.1, 0.15) is 42.3 Å². The molecule has 1 aliphatic rings. The van der Waals surface area contributed by atoms with Crippen LogP contribution in [0.2, 0.25) is 0 Å². The molecular weight excluding hydrogens is 388 g/mol. The van der Waals surface area contributed by atoms with Crippen LogP contribution >= 0.6 is 11.3 Å². The Balaban J connectivity index is 1.55. The second-order valence-electron chi connectivity index (χ2n) is 7.49. The Bertz CT molecular complexity index is 1150. The van der Waals surface area contributed by atoms with E-state index in [-0.39, 0.29) is 11.3 Å². The van der Waals surface area contributed by atoms with E-state index in [4.69, 9.17) is 0 Å². The molecule has 1 amide bonds. The number of aromatic nitrogens is 2. The van der Waals surface area contributed by atoms with Gasteiger partial charge in [0.1, 0.15) is 16.6 Å². The molecule has 8 heteroatoms. The van der Waals surface area contributed by atoms with E-state index in [0.29, 0.717) is 11.3 Å². The van der Waals surface area contributed by atoms with Gasteiger partial charge < -0.3 is 5.11 Å². The van der Waals surface area contributed by atoms with Crippen LogP contribution in [0.5, 0.6) is 5.75 Å². The molecule has 0 radical (unpaired) electrons. The zero-order valence-electron chi connectivity index (χ0n) is 16.3. The van der Waals surface area contributed by atoms with Gasteiger partial charge >= 0.3 is 0 Å². The first-order chi connectivity index (χ1) is 13.9. The maximum absolute atomic E-state index is 13.1. The summed E-state index contributed by atoms with van der Waals surface area (Å²) in [6.45, 7) is 3.88. The summed E-state index contributed by atoms with van der Waals surface area (Å²) in [5, 5.41) is 13.9. The molecular formula is C21H22N4O3S. The van der Waals surface area contributed by atoms with Crippen molar-refractivity contribution in [2.75, 3.05) is 0 Å². The normalized spacial score (nSPS) is 17.4. The lowest BCUT2D eigenvalue weighted by Gasteiger charge is -2.18. The first-order valence-electron chi connectivity index (χ1n) is 9.57. The molecule has 29 heavy (non-hydrogen) atoms. The molecule has 3 aromatic rings. The fraction of sp³-hybridized carbons (Fsp3) is 0.333. The van der Waals surface area contributed by atoms with Gasteiger partial charge in [0.05, 0.1) is 17.9 Å². The number of aryl methyl sites for hydroxylation is 1. The highest BCUT2D eigenvalue weighted by Gasteiger charge is 2.25. The van der Waals surface area contributed by atoms with Gasteiger partial charge in [0.25, 0.3) is 11.5 Å². The number of fused-ring (bicyclic) bond motifs is 3. The zero-order valence-corrected chi connectivity index (χ0v) is 17.1. The Labute approximate surface area is 171 Å². The van der Waals surface area contributed by atoms with E-state index in [1.54, 1.807) is 30.4 Å². The smallest absolute Gasteiger partial charge is 0.263 e. The Morgan fingerprint density at radius 2 is 2.17 bits per heavy atom. The number of phenols is 1. The van der Waals surface area contributed by atoms with Gasteiger partial charge in [0.2, 0.25) is 0 Å². The fourth-order valence-electron chi connectivity index (χ4n) is 3.57. The molecule has 2 N–H and O–H groups in total. The van der Waals surface area contributed by atoms with Crippen LogP contribution in [0.25, 0.3) is 10.2 Å². The van der Waals surface area contributed by atoms with Gasteiger partial charge in [-0.05, 0) is 67.5 Å². The summed E-state index contributed by atoms with van der Waals surface area (Å²) < 4.78 is 1.37. The second-order valence-corrected chi connectivity index (χ2v) is 8.57. The lowest BCUT2D eigenvalue weighted by atomic mass is 9.89. The molecule has 150 valence electrons. The van der Waals surface area contributed by atoms with Crippen LogP contribution in [-0.4, -0.2) is 26.8 Å². The summed E-state index contributed by atoms with van der Waals surface area (Å²) in [6.07, 6.45) is 5.86. The summed E-state index contributed by atoms with van der Waals surface area (Å²) in [7, 11) is 0. The van der Waals surface area contributed by atoms with E-state index in [1.807, 2.05) is 0 Å². The Kier molecular flexibility index (Phi) is 5.19. The number of hydrazone groups is 1. The van der Waals surface area contributed by atoms with E-state index >= 15 is 0 Å². The SMILES string of the molecule is C[C@@H]1CCc2c(sc3ncn([C@H](C)C(=O)N/N=C/c4ccc(O)cc4)c(=O)c23)C1. The number of carbonyl (C=O) groups is 1. The van der Waals surface area contributed by atoms with Crippen molar-refractivity contribution in [2.45, 2.75) is 39.2 Å². The lowest BCUT2D eigenvalue weighted by Crippen LogP contribution is -2.34. The molecule has 0 saturated heterocycles. The second kappa shape index (κ2) is 7.79. The van der Waals surface area contributed by atoms with Crippen LogP contribution in [0.4, 0.5) is 0 Å². The largest absolute Gasteiger partial charge is 0.508 e. The predicted molar refractivity (Wildman–Crippen MR) is 114 cm³/mol. The van der Waals surface area contributed by atoms with Crippen molar-refractivity contribution in [3.8, 4) is 5.75 Å². The van der Waals surface area contributed by atoms with Crippen LogP contribution < -0.4 is 11.0 Å². The first kappa shape index (κ1) is 19.3. The highest BCUT2D eigenvalue weighted by atomic mass is 32.1. The summed E-state index contributed by atoms with van der Waals surface area (Å²) in [5.74, 6) is 0.377. The van der Waals surface area contributed by atoms with Crippen LogP contribution in [0.15, 0.2) is 40.5 Å². The summed E-state index contributed by atoms with van der Waals surface area (Å²) in [4.78, 5) is 32.1. The van der Waals surface area contributed by atoms with E-state index in [9.17, 15) is 14.7 Å². The van der Waals surface area contributed by atoms with Gasteiger partial charge in [-0.1, -0.05) is 6.92 Å². The zero-order chi connectivity index (χ0) is 20.5. The van der Waals surface area contributed by atoms with E-state index < -0.39 is 11.9 Å². The van der Waals surface area contributed by atoms with Crippen LogP contribution in [-0.2, 0) is 17.6 Å². The standard InChI is InChI=1S/C21H22N4O3S/c1-12-3-8-16-17(9-12)29-20-18(16)21(28)25(11-22-20)13(2)19(27)24-23-10-14-4-6-15(26)7-5-14/h4-7,10-13,26H,3,8-9H2,1-2H3,(H,24,27)/b23-10+/t12-,13-/m1/s1. The minimum Gasteiger partial charge on any atom is -0.508 e. The molecule has 1 aromatic carbocycles. The van der Waals surface area contributed by atoms with E-state index in [2.05, 4.69) is 22.4 Å². The molecule has 0 fully saturated rings. The average Bonchev–Trinajstić information content (AvgIpc) is 3.07. The van der Waals surface area contributed by atoms with Crippen molar-refractivity contribution in [1.82, 2.24) is 15.0 Å². The van der Waals surface area contributed by atoms with Crippen molar-refractivity contribution in [3.63, 3.8) is 0 Å². The Hall–Kier alpha value is -3.00. The Morgan fingerprint density at radius 3 is 2.93 bits per heavy atom. The molecule has 0 aliphatic heterocycles. The number of nitrogens with zero attached hydrogens (tertiary/aromatic N) is 3. The fourth-order valence-corrected chi connectivity index (χ4v) is 4.91. The molecule has 7 nitrogen and oxygen atoms in total. The molecule has 4 rings (SSSR count). The molecule has 0 unspecified atom stereocenters. The molecule has 0 saturated carbocycles. The van der Waals surface area contributed by atoms with Gasteiger partial charge in [0.15, 0.2) is 0 Å². The summed E-state index contributed by atoms with van der Waals surface area (Å²) >= 11 is 1.59. The number of hydrogen-bond acceptors (Lipinski definition) is 6. The number of phenolic OH excluding ortho intramolecular Hbond substituents is 1. The number of nitrogens with one attached hydrogen (secondary N) is 1. The van der Waals surface area contributed by atoms with Crippen molar-refractivity contribution >= 4 is 33.7 Å². The molecule has 2 atom stereocenters. The van der Waals surface area contributed by atoms with Crippen molar-refractivity contribution < 1.29 is 9.90 Å². The molecule has 2 aromatic heterocycles. The monoisotopic (exact) mass is 410 g/mol. The number of thiophene rings is 1. The molecule has 0 spiro atoms. The van der Waals surface area contributed by atoms with Crippen molar-refractivity contribution in [1.29, 1.82) is 0 Å². The number of carbonyl (C=O) groups excluding carboxylic acids is 1. The van der Waals surface area contributed by atoms with E-state index in [0.717, 1.165) is 35.2 Å². The first-order valence-corrected chi connectivity index (χ1v) is 10.4. The maximum atomic E-state index is 13.1. The van der Waals surface area contributed by atoms with Crippen LogP contribution in [0.3, 0.4) is 0 Å². The number of hydrogen-bond donors (Lipinski definition) is 2. The molecule has 1 aliphatic carbocycles. The third-order valence-corrected chi connectivity index (χ3v) is 6.48. The third kappa shape index (κ3) is 3.80. The van der Waals surface area contributed by atoms with Gasteiger partial charge in [-0.25, -0.2) is 10.4 Å². The summed E-state index contributed by atoms with van der Waals surface area (Å²) in [6, 6.07) is 5.69. The lowest BCUT2D eigenvalue weighted by molar-refractivity contribution is -0.123. The Morgan fingerprint density at radius 1 is 1.41 bits per heavy atom. The minimum atomic E-state index is -0.741. The molecule has 2 heterocycles. The van der Waals surface area contributed by atoms with Crippen molar-refractivity contribution in [2.24, 2.45) is 11.0 Å². The number of aromatic hydroxyl groups is 1. The van der Waals surface area contributed by atoms with E-state index in [1.165, 1.54) is 34.1 Å². The minimum absolute atomic E-state index is 0.159. The maximum Gasteiger partial charge on any atom is 0.263 e. The topological polar surface area (TPSA) is 96.6 Å². The highest BCUT2D eigenvalue weighted by Crippen LogP contribution is 2.35. The third-order valence-electron chi connectivity index (χ3n) is 5.32. The highest BCUT2D eigenvalue weighted by molar-refractivity contribution is 7.18. The number of benzene rings is 1. The van der Waals surface area contributed by atoms with Crippen molar-refractivity contribution in [3.05, 3.63) is 57.0 Å². The summed E-state index contributed by atoms with van der Waals surface area (Å²) in [5.41, 5.74) is 4.13. The van der Waals surface area contributed by atoms with Gasteiger partial charge in [-0.15, -0.1) is 11.3 Å². The number of rotatable bonds is 4. The van der Waals surface area contributed by atoms with Gasteiger partial charge in [-0.3, -0.25) is 14.2 Å². The van der Waals surface area contributed by atoms with Gasteiger partial charge in [-0.2, -0.15) is 5.10 Å². The van der Waals surface area contributed by atoms with Gasteiger partial charge in [0, 0.05) is 4.88 Å². The predicted octanol–water partition coefficient (Wildman–Crippen LogP) is 3.00. The van der Waals surface area contributed by atoms with Crippen LogP contribution in [0, 0.1) is 5.92 Å². The average molecular weight is 410 g/mol. The quantitative estimate of drug-likeness (QED) is 0.510.